The zero-order valence-electron chi connectivity index (χ0n) is 13.9. The van der Waals surface area contributed by atoms with Gasteiger partial charge >= 0.3 is 0 Å². The Morgan fingerprint density at radius 2 is 1.83 bits per heavy atom. The first-order valence-corrected chi connectivity index (χ1v) is 8.06. The summed E-state index contributed by atoms with van der Waals surface area (Å²) in [5, 5.41) is 5.77. The molecule has 0 spiro atoms. The molecule has 1 aliphatic rings. The van der Waals surface area contributed by atoms with Crippen LogP contribution in [0.4, 0.5) is 5.69 Å². The molecule has 1 saturated carbocycles. The number of methoxy groups -OCH3 is 1. The fraction of sp³-hybridized carbons (Fsp3) is 0.529. The van der Waals surface area contributed by atoms with Crippen molar-refractivity contribution in [2.24, 2.45) is 5.73 Å². The molecule has 1 fully saturated rings. The minimum atomic E-state index is -0.714. The second kappa shape index (κ2) is 10.3. The standard InChI is InChI=1S/C17H25N3O3.ClH/c1-23-11-15(18)17(22)20-14-9-7-12(8-10-14)16(21)19-13-5-3-2-4-6-13;/h7-10,13,15H,2-6,11,18H2,1H3,(H,19,21)(H,20,22);1H. The van der Waals surface area contributed by atoms with E-state index in [0.717, 1.165) is 12.8 Å². The van der Waals surface area contributed by atoms with Gasteiger partial charge in [0.15, 0.2) is 0 Å². The maximum atomic E-state index is 12.2. The number of hydrogen-bond acceptors (Lipinski definition) is 4. The van der Waals surface area contributed by atoms with Crippen LogP contribution < -0.4 is 16.4 Å². The van der Waals surface area contributed by atoms with Crippen molar-refractivity contribution in [2.75, 3.05) is 19.0 Å². The molecule has 4 N–H and O–H groups in total. The van der Waals surface area contributed by atoms with Crippen molar-refractivity contribution in [1.82, 2.24) is 5.32 Å². The van der Waals surface area contributed by atoms with Crippen molar-refractivity contribution in [3.8, 4) is 0 Å². The molecular weight excluding hydrogens is 330 g/mol. The summed E-state index contributed by atoms with van der Waals surface area (Å²) in [5.74, 6) is -0.378. The van der Waals surface area contributed by atoms with Crippen molar-refractivity contribution >= 4 is 29.9 Å². The normalized spacial score (nSPS) is 15.9. The van der Waals surface area contributed by atoms with Crippen molar-refractivity contribution in [3.05, 3.63) is 29.8 Å². The van der Waals surface area contributed by atoms with E-state index in [9.17, 15) is 9.59 Å². The van der Waals surface area contributed by atoms with Crippen LogP contribution in [0.1, 0.15) is 42.5 Å². The summed E-state index contributed by atoms with van der Waals surface area (Å²) >= 11 is 0. The van der Waals surface area contributed by atoms with E-state index in [-0.39, 0.29) is 36.9 Å². The number of nitrogens with one attached hydrogen (secondary N) is 2. The summed E-state index contributed by atoms with van der Waals surface area (Å²) in [6.07, 6.45) is 5.72. The van der Waals surface area contributed by atoms with Crippen LogP contribution in [-0.4, -0.2) is 37.6 Å². The van der Waals surface area contributed by atoms with Crippen LogP contribution in [0.2, 0.25) is 0 Å². The maximum absolute atomic E-state index is 12.2. The number of halogens is 1. The molecule has 0 heterocycles. The number of hydrogen-bond donors (Lipinski definition) is 3. The Kier molecular flexibility index (Phi) is 8.74. The minimum Gasteiger partial charge on any atom is -0.383 e. The molecular formula is C17H26ClN3O3. The number of amides is 2. The largest absolute Gasteiger partial charge is 0.383 e. The van der Waals surface area contributed by atoms with Crippen LogP contribution in [-0.2, 0) is 9.53 Å². The molecule has 0 bridgehead atoms. The van der Waals surface area contributed by atoms with Crippen molar-refractivity contribution in [2.45, 2.75) is 44.2 Å². The Morgan fingerprint density at radius 1 is 1.21 bits per heavy atom. The van der Waals surface area contributed by atoms with Gasteiger partial charge in [0.25, 0.3) is 5.91 Å². The predicted octanol–water partition coefficient (Wildman–Crippen LogP) is 2.08. The van der Waals surface area contributed by atoms with Gasteiger partial charge in [0.05, 0.1) is 6.61 Å². The number of carbonyl (C=O) groups excluding carboxylic acids is 2. The van der Waals surface area contributed by atoms with Crippen LogP contribution in [0.15, 0.2) is 24.3 Å². The second-order valence-electron chi connectivity index (χ2n) is 5.94. The van der Waals surface area contributed by atoms with Gasteiger partial charge in [-0.05, 0) is 37.1 Å². The molecule has 1 aliphatic carbocycles. The molecule has 0 aromatic heterocycles. The maximum Gasteiger partial charge on any atom is 0.251 e. The van der Waals surface area contributed by atoms with Crippen LogP contribution in [0, 0.1) is 0 Å². The Hall–Kier alpha value is -1.63. The molecule has 2 amide bonds. The first-order valence-electron chi connectivity index (χ1n) is 8.06. The van der Waals surface area contributed by atoms with E-state index in [2.05, 4.69) is 10.6 Å². The highest BCUT2D eigenvalue weighted by Gasteiger charge is 2.17. The van der Waals surface area contributed by atoms with Crippen molar-refractivity contribution < 1.29 is 14.3 Å². The van der Waals surface area contributed by atoms with E-state index in [1.165, 1.54) is 26.4 Å². The van der Waals surface area contributed by atoms with Gasteiger partial charge in [-0.25, -0.2) is 0 Å². The second-order valence-corrected chi connectivity index (χ2v) is 5.94. The number of ether oxygens (including phenoxy) is 1. The highest BCUT2D eigenvalue weighted by atomic mass is 35.5. The third-order valence-corrected chi connectivity index (χ3v) is 4.04. The zero-order chi connectivity index (χ0) is 16.7. The van der Waals surface area contributed by atoms with Gasteiger partial charge in [-0.3, -0.25) is 9.59 Å². The molecule has 0 aliphatic heterocycles. The topological polar surface area (TPSA) is 93.4 Å². The van der Waals surface area contributed by atoms with E-state index in [4.69, 9.17) is 10.5 Å². The highest BCUT2D eigenvalue weighted by molar-refractivity contribution is 5.97. The smallest absolute Gasteiger partial charge is 0.251 e. The molecule has 1 unspecified atom stereocenters. The molecule has 1 aromatic carbocycles. The van der Waals surface area contributed by atoms with Gasteiger partial charge in [-0.1, -0.05) is 19.3 Å². The number of nitrogens with two attached hydrogens (primary N) is 1. The third-order valence-electron chi connectivity index (χ3n) is 4.04. The summed E-state index contributed by atoms with van der Waals surface area (Å²) < 4.78 is 4.85. The van der Waals surface area contributed by atoms with Crippen LogP contribution in [0.25, 0.3) is 0 Å². The van der Waals surface area contributed by atoms with Crippen molar-refractivity contribution in [1.29, 1.82) is 0 Å². The van der Waals surface area contributed by atoms with E-state index in [1.54, 1.807) is 24.3 Å². The zero-order valence-corrected chi connectivity index (χ0v) is 14.7. The van der Waals surface area contributed by atoms with E-state index >= 15 is 0 Å². The fourth-order valence-electron chi connectivity index (χ4n) is 2.71. The lowest BCUT2D eigenvalue weighted by Gasteiger charge is -2.22. The van der Waals surface area contributed by atoms with Crippen LogP contribution in [0.5, 0.6) is 0 Å². The quantitative estimate of drug-likeness (QED) is 0.728. The van der Waals surface area contributed by atoms with Crippen molar-refractivity contribution in [3.63, 3.8) is 0 Å². The first-order chi connectivity index (χ1) is 11.1. The Balaban J connectivity index is 0.00000288. The van der Waals surface area contributed by atoms with Gasteiger partial charge in [0.1, 0.15) is 6.04 Å². The number of anilines is 1. The van der Waals surface area contributed by atoms with Crippen LogP contribution in [0.3, 0.4) is 0 Å². The molecule has 2 rings (SSSR count). The molecule has 7 heteroatoms. The number of carbonyl (C=O) groups is 2. The average molecular weight is 356 g/mol. The predicted molar refractivity (Wildman–Crippen MR) is 96.5 cm³/mol. The highest BCUT2D eigenvalue weighted by Crippen LogP contribution is 2.18. The van der Waals surface area contributed by atoms with E-state index in [1.807, 2.05) is 0 Å². The molecule has 6 nitrogen and oxygen atoms in total. The first kappa shape index (κ1) is 20.4. The third kappa shape index (κ3) is 6.11. The van der Waals surface area contributed by atoms with Gasteiger partial charge in [0.2, 0.25) is 5.91 Å². The lowest BCUT2D eigenvalue weighted by molar-refractivity contribution is -0.118. The minimum absolute atomic E-state index is 0. The van der Waals surface area contributed by atoms with E-state index < -0.39 is 6.04 Å². The molecule has 24 heavy (non-hydrogen) atoms. The molecule has 1 atom stereocenters. The Bertz CT molecular complexity index is 530. The molecule has 0 radical (unpaired) electrons. The molecule has 0 saturated heterocycles. The monoisotopic (exact) mass is 355 g/mol. The Morgan fingerprint density at radius 3 is 2.42 bits per heavy atom. The van der Waals surface area contributed by atoms with Gasteiger partial charge in [-0.2, -0.15) is 0 Å². The lowest BCUT2D eigenvalue weighted by Crippen LogP contribution is -2.39. The van der Waals surface area contributed by atoms with E-state index in [0.29, 0.717) is 11.3 Å². The summed E-state index contributed by atoms with van der Waals surface area (Å²) in [5.41, 5.74) is 6.86. The molecule has 134 valence electrons. The SMILES string of the molecule is COCC(N)C(=O)Nc1ccc(C(=O)NC2CCCCC2)cc1.Cl. The summed E-state index contributed by atoms with van der Waals surface area (Å²) in [6.45, 7) is 0.160. The average Bonchev–Trinajstić information content (AvgIpc) is 2.56. The van der Waals surface area contributed by atoms with Gasteiger partial charge in [0, 0.05) is 24.4 Å². The number of rotatable bonds is 6. The number of benzene rings is 1. The summed E-state index contributed by atoms with van der Waals surface area (Å²) in [4.78, 5) is 24.0. The molecule has 1 aromatic rings. The summed E-state index contributed by atoms with van der Waals surface area (Å²) in [7, 11) is 1.49. The van der Waals surface area contributed by atoms with Gasteiger partial charge < -0.3 is 21.1 Å². The fourth-order valence-corrected chi connectivity index (χ4v) is 2.71. The Labute approximate surface area is 148 Å². The summed E-state index contributed by atoms with van der Waals surface area (Å²) in [6, 6.07) is 6.38. The lowest BCUT2D eigenvalue weighted by atomic mass is 9.95. The van der Waals surface area contributed by atoms with Crippen LogP contribution >= 0.6 is 12.4 Å². The van der Waals surface area contributed by atoms with Gasteiger partial charge in [-0.15, -0.1) is 12.4 Å².